The molecule has 3 heterocycles. The van der Waals surface area contributed by atoms with Gasteiger partial charge in [0.2, 0.25) is 5.95 Å². The Morgan fingerprint density at radius 3 is 2.38 bits per heavy atom. The summed E-state index contributed by atoms with van der Waals surface area (Å²) >= 11 is 0.912. The topological polar surface area (TPSA) is 145 Å². The number of carbonyl (C=O) groups excluding carboxylic acids is 1. The van der Waals surface area contributed by atoms with E-state index in [-0.39, 0.29) is 54.8 Å². The number of halogens is 2. The van der Waals surface area contributed by atoms with E-state index in [0.717, 1.165) is 23.9 Å². The van der Waals surface area contributed by atoms with Crippen LogP contribution in [-0.4, -0.2) is 94.5 Å². The zero-order chi connectivity index (χ0) is 35.6. The minimum atomic E-state index is -4.24. The summed E-state index contributed by atoms with van der Waals surface area (Å²) in [6.45, 7) is 16.5. The SMILES string of the molecule is CC(C)C[C@@H](Oc1nc(NS(=O)(=O)N2CCN(C(=O)OC(C)(C)C)[C@@H](C)C2)nc(SC(C)c2c(F)cccc2F)n1)[C@@H]1COC(C)(C)O1. The molecule has 48 heavy (non-hydrogen) atoms. The van der Waals surface area contributed by atoms with Crippen molar-refractivity contribution in [2.45, 2.75) is 109 Å². The van der Waals surface area contributed by atoms with Gasteiger partial charge in [0.05, 0.1) is 6.61 Å². The van der Waals surface area contributed by atoms with Gasteiger partial charge in [-0.25, -0.2) is 18.3 Å². The lowest BCUT2D eigenvalue weighted by atomic mass is 10.0. The predicted molar refractivity (Wildman–Crippen MR) is 176 cm³/mol. The lowest BCUT2D eigenvalue weighted by molar-refractivity contribution is -0.150. The molecule has 1 unspecified atom stereocenters. The highest BCUT2D eigenvalue weighted by Crippen LogP contribution is 2.37. The van der Waals surface area contributed by atoms with E-state index in [1.165, 1.54) is 15.3 Å². The predicted octanol–water partition coefficient (Wildman–Crippen LogP) is 5.55. The number of piperazine rings is 1. The second kappa shape index (κ2) is 14.9. The summed E-state index contributed by atoms with van der Waals surface area (Å²) in [4.78, 5) is 27.1. The normalized spacial score (nSPS) is 21.6. The molecule has 0 radical (unpaired) electrons. The maximum atomic E-state index is 14.6. The zero-order valence-corrected chi connectivity index (χ0v) is 30.5. The Morgan fingerprint density at radius 2 is 1.81 bits per heavy atom. The summed E-state index contributed by atoms with van der Waals surface area (Å²) in [6, 6.07) is 2.89. The number of nitrogens with zero attached hydrogens (tertiary/aromatic N) is 5. The highest BCUT2D eigenvalue weighted by atomic mass is 32.2. The molecule has 0 saturated carbocycles. The van der Waals surface area contributed by atoms with Gasteiger partial charge in [0.1, 0.15) is 29.4 Å². The summed E-state index contributed by atoms with van der Waals surface area (Å²) in [6.07, 6.45) is -1.03. The summed E-state index contributed by atoms with van der Waals surface area (Å²) in [5.41, 5.74) is -0.882. The number of ether oxygens (including phenoxy) is 4. The summed E-state index contributed by atoms with van der Waals surface area (Å²) in [7, 11) is -4.24. The van der Waals surface area contributed by atoms with E-state index < -0.39 is 62.8 Å². The van der Waals surface area contributed by atoms with Crippen LogP contribution in [0.25, 0.3) is 0 Å². The number of thioether (sulfide) groups is 1. The number of aromatic nitrogens is 3. The molecular formula is C31H46F2N6O7S2. The molecule has 268 valence electrons. The molecule has 1 amide bonds. The first-order valence-electron chi connectivity index (χ1n) is 15.9. The smallest absolute Gasteiger partial charge is 0.410 e. The van der Waals surface area contributed by atoms with E-state index in [1.54, 1.807) is 48.5 Å². The largest absolute Gasteiger partial charge is 0.457 e. The molecular weight excluding hydrogens is 671 g/mol. The van der Waals surface area contributed by atoms with E-state index >= 15 is 0 Å². The average Bonchev–Trinajstić information content (AvgIpc) is 3.30. The third-order valence-corrected chi connectivity index (χ3v) is 9.90. The molecule has 2 aliphatic heterocycles. The Balaban J connectivity index is 1.61. The van der Waals surface area contributed by atoms with E-state index in [9.17, 15) is 22.0 Å². The molecule has 1 aromatic carbocycles. The molecule has 13 nitrogen and oxygen atoms in total. The Hall–Kier alpha value is -2.86. The first kappa shape index (κ1) is 38.0. The van der Waals surface area contributed by atoms with Crippen LogP contribution in [0.15, 0.2) is 23.4 Å². The summed E-state index contributed by atoms with van der Waals surface area (Å²) in [5.74, 6) is -2.47. The van der Waals surface area contributed by atoms with Gasteiger partial charge in [-0.15, -0.1) is 0 Å². The van der Waals surface area contributed by atoms with Crippen molar-refractivity contribution >= 4 is 34.0 Å². The molecule has 0 spiro atoms. The highest BCUT2D eigenvalue weighted by molar-refractivity contribution is 7.99. The molecule has 17 heteroatoms. The van der Waals surface area contributed by atoms with Gasteiger partial charge in [-0.1, -0.05) is 31.7 Å². The first-order chi connectivity index (χ1) is 22.2. The van der Waals surface area contributed by atoms with Crippen LogP contribution in [-0.2, 0) is 24.4 Å². The van der Waals surface area contributed by atoms with Crippen molar-refractivity contribution in [1.29, 1.82) is 0 Å². The van der Waals surface area contributed by atoms with E-state index in [0.29, 0.717) is 6.42 Å². The van der Waals surface area contributed by atoms with Crippen LogP contribution in [0.3, 0.4) is 0 Å². The fourth-order valence-corrected chi connectivity index (χ4v) is 7.41. The highest BCUT2D eigenvalue weighted by Gasteiger charge is 2.40. The van der Waals surface area contributed by atoms with Crippen LogP contribution < -0.4 is 9.46 Å². The molecule has 2 saturated heterocycles. The van der Waals surface area contributed by atoms with Crippen LogP contribution in [0, 0.1) is 17.6 Å². The maximum absolute atomic E-state index is 14.6. The lowest BCUT2D eigenvalue weighted by Gasteiger charge is -2.39. The molecule has 0 bridgehead atoms. The van der Waals surface area contributed by atoms with Gasteiger partial charge in [-0.05, 0) is 72.9 Å². The van der Waals surface area contributed by atoms with Gasteiger partial charge in [0.25, 0.3) is 0 Å². The molecule has 0 aliphatic carbocycles. The Bertz CT molecular complexity index is 1540. The van der Waals surface area contributed by atoms with Gasteiger partial charge in [-0.3, -0.25) is 0 Å². The first-order valence-corrected chi connectivity index (χ1v) is 18.2. The number of rotatable bonds is 11. The second-order valence-corrected chi connectivity index (χ2v) is 16.7. The van der Waals surface area contributed by atoms with Gasteiger partial charge < -0.3 is 23.8 Å². The van der Waals surface area contributed by atoms with Crippen LogP contribution in [0.2, 0.25) is 0 Å². The minimum Gasteiger partial charge on any atom is -0.457 e. The fourth-order valence-electron chi connectivity index (χ4n) is 5.29. The van der Waals surface area contributed by atoms with Crippen molar-refractivity contribution in [3.63, 3.8) is 0 Å². The van der Waals surface area contributed by atoms with E-state index in [1.807, 2.05) is 13.8 Å². The van der Waals surface area contributed by atoms with Crippen molar-refractivity contribution in [1.82, 2.24) is 24.2 Å². The third kappa shape index (κ3) is 10.1. The Morgan fingerprint density at radius 1 is 1.15 bits per heavy atom. The van der Waals surface area contributed by atoms with Crippen LogP contribution in [0.1, 0.15) is 79.5 Å². The van der Waals surface area contributed by atoms with Gasteiger partial charge in [0.15, 0.2) is 10.9 Å². The van der Waals surface area contributed by atoms with Gasteiger partial charge in [-0.2, -0.15) is 27.7 Å². The van der Waals surface area contributed by atoms with Crippen molar-refractivity contribution in [3.05, 3.63) is 35.4 Å². The van der Waals surface area contributed by atoms with Crippen LogP contribution >= 0.6 is 11.8 Å². The third-order valence-electron chi connectivity index (χ3n) is 7.47. The minimum absolute atomic E-state index is 0.0101. The molecule has 4 atom stereocenters. The summed E-state index contributed by atoms with van der Waals surface area (Å²) in [5, 5.41) is -0.824. The molecule has 2 aromatic rings. The number of amides is 1. The number of benzene rings is 1. The molecule has 4 rings (SSSR count). The monoisotopic (exact) mass is 716 g/mol. The number of hydrogen-bond acceptors (Lipinski definition) is 11. The number of carbonyl (C=O) groups is 1. The van der Waals surface area contributed by atoms with E-state index in [4.69, 9.17) is 18.9 Å². The van der Waals surface area contributed by atoms with Crippen molar-refractivity contribution in [2.24, 2.45) is 5.92 Å². The van der Waals surface area contributed by atoms with Crippen LogP contribution in [0.5, 0.6) is 6.01 Å². The van der Waals surface area contributed by atoms with Crippen molar-refractivity contribution in [3.8, 4) is 6.01 Å². The Labute approximate surface area is 285 Å². The van der Waals surface area contributed by atoms with Crippen LogP contribution in [0.4, 0.5) is 19.5 Å². The van der Waals surface area contributed by atoms with Gasteiger partial charge in [0, 0.05) is 36.5 Å². The quantitative estimate of drug-likeness (QED) is 0.293. The average molecular weight is 717 g/mol. The summed E-state index contributed by atoms with van der Waals surface area (Å²) < 4.78 is 83.6. The molecule has 1 aromatic heterocycles. The fraction of sp³-hybridized carbons (Fsp3) is 0.677. The molecule has 2 aliphatic rings. The van der Waals surface area contributed by atoms with Crippen molar-refractivity contribution in [2.75, 3.05) is 31.0 Å². The van der Waals surface area contributed by atoms with Gasteiger partial charge >= 0.3 is 22.3 Å². The van der Waals surface area contributed by atoms with Crippen molar-refractivity contribution < 1.29 is 40.9 Å². The second-order valence-electron chi connectivity index (χ2n) is 13.8. The molecule has 1 N–H and O–H groups in total. The maximum Gasteiger partial charge on any atom is 0.410 e. The lowest BCUT2D eigenvalue weighted by Crippen LogP contribution is -2.57. The number of nitrogens with one attached hydrogen (secondary N) is 1. The Kier molecular flexibility index (Phi) is 11.8. The zero-order valence-electron chi connectivity index (χ0n) is 28.8. The number of anilines is 1. The van der Waals surface area contributed by atoms with E-state index in [2.05, 4.69) is 19.7 Å². The standard InChI is InChI=1S/C31H46F2N6O7S2/c1-18(2)15-23(24-17-43-31(8,9)45-24)44-27-34-26(35-28(36-27)47-20(4)25-21(32)11-10-12-22(25)33)37-48(41,42)38-13-14-39(19(3)16-38)29(40)46-30(5,6)7/h10-12,18-20,23-24H,13-17H2,1-9H3,(H,34,35,36,37)/t19-,20?,23+,24-/m0/s1. The molecule has 2 fully saturated rings. The number of hydrogen-bond donors (Lipinski definition) is 1.